The number of benzene rings is 3. The lowest BCUT2D eigenvalue weighted by Crippen LogP contribution is -2.23. The number of nitrogens with one attached hydrogen (secondary N) is 1. The van der Waals surface area contributed by atoms with Crippen molar-refractivity contribution >= 4 is 17.3 Å². The smallest absolute Gasteiger partial charge is 0.220 e. The van der Waals surface area contributed by atoms with Gasteiger partial charge in [0.1, 0.15) is 5.65 Å². The summed E-state index contributed by atoms with van der Waals surface area (Å²) in [4.78, 5) is 29.4. The Morgan fingerprint density at radius 3 is 2.19 bits per heavy atom. The molecule has 3 aromatic carbocycles. The molecule has 0 atom stereocenters. The molecule has 0 aliphatic heterocycles. The van der Waals surface area contributed by atoms with E-state index in [0.29, 0.717) is 24.9 Å². The van der Waals surface area contributed by atoms with Gasteiger partial charge in [-0.25, -0.2) is 4.98 Å². The summed E-state index contributed by atoms with van der Waals surface area (Å²) in [7, 11) is 0. The zero-order chi connectivity index (χ0) is 25.8. The van der Waals surface area contributed by atoms with Crippen LogP contribution in [0.3, 0.4) is 0 Å². The van der Waals surface area contributed by atoms with Crippen molar-refractivity contribution in [3.05, 3.63) is 120 Å². The van der Waals surface area contributed by atoms with Crippen molar-refractivity contribution in [1.29, 1.82) is 0 Å². The Bertz CT molecular complexity index is 1550. The van der Waals surface area contributed by atoms with Gasteiger partial charge in [-0.1, -0.05) is 84.4 Å². The van der Waals surface area contributed by atoms with Crippen LogP contribution in [-0.4, -0.2) is 21.1 Å². The number of hydrogen-bond donors (Lipinski definition) is 1. The van der Waals surface area contributed by atoms with Gasteiger partial charge in [-0.15, -0.1) is 0 Å². The van der Waals surface area contributed by atoms with Crippen LogP contribution in [0.2, 0.25) is 0 Å². The summed E-state index contributed by atoms with van der Waals surface area (Å²) >= 11 is 0. The summed E-state index contributed by atoms with van der Waals surface area (Å²) < 4.78 is 2.09. The Kier molecular flexibility index (Phi) is 6.95. The lowest BCUT2D eigenvalue weighted by molar-refractivity contribution is -0.121. The van der Waals surface area contributed by atoms with Gasteiger partial charge in [-0.2, -0.15) is 0 Å². The highest BCUT2D eigenvalue weighted by Gasteiger charge is 2.16. The fourth-order valence-electron chi connectivity index (χ4n) is 4.46. The maximum absolute atomic E-state index is 12.7. The maximum atomic E-state index is 12.7. The molecule has 0 aliphatic carbocycles. The number of Topliss-reactive ketones (excluding diaryl/α,β-unsaturated/α-hetero) is 1. The van der Waals surface area contributed by atoms with Gasteiger partial charge in [0.05, 0.1) is 11.4 Å². The second-order valence-corrected chi connectivity index (χ2v) is 9.31. The molecule has 0 unspecified atom stereocenters. The van der Waals surface area contributed by atoms with Gasteiger partial charge in [-0.05, 0) is 49.1 Å². The normalized spacial score (nSPS) is 11.0. The Morgan fingerprint density at radius 2 is 1.49 bits per heavy atom. The topological polar surface area (TPSA) is 63.5 Å². The van der Waals surface area contributed by atoms with Crippen LogP contribution in [0.4, 0.5) is 0 Å². The van der Waals surface area contributed by atoms with E-state index in [2.05, 4.69) is 47.1 Å². The molecule has 0 fully saturated rings. The van der Waals surface area contributed by atoms with Crippen molar-refractivity contribution in [2.45, 2.75) is 33.2 Å². The molecule has 1 N–H and O–H groups in total. The molecular formula is C32H29N3O2. The second-order valence-electron chi connectivity index (χ2n) is 9.31. The fourth-order valence-corrected chi connectivity index (χ4v) is 4.46. The number of aryl methyl sites for hydroxylation is 2. The SMILES string of the molecule is CC(=O)c1ccc(-c2ccc3nc(-c4ccc(C)cc4)c(CCC(=O)NCc4ccccc4)n3c2)cc1. The van der Waals surface area contributed by atoms with Crippen LogP contribution in [0.5, 0.6) is 0 Å². The minimum Gasteiger partial charge on any atom is -0.352 e. The number of amides is 1. The Morgan fingerprint density at radius 1 is 0.811 bits per heavy atom. The summed E-state index contributed by atoms with van der Waals surface area (Å²) in [6.07, 6.45) is 2.98. The highest BCUT2D eigenvalue weighted by molar-refractivity contribution is 5.94. The van der Waals surface area contributed by atoms with Gasteiger partial charge in [-0.3, -0.25) is 9.59 Å². The molecule has 0 spiro atoms. The number of pyridine rings is 1. The zero-order valence-corrected chi connectivity index (χ0v) is 21.1. The highest BCUT2D eigenvalue weighted by atomic mass is 16.1. The van der Waals surface area contributed by atoms with E-state index >= 15 is 0 Å². The molecule has 5 rings (SSSR count). The molecule has 37 heavy (non-hydrogen) atoms. The monoisotopic (exact) mass is 487 g/mol. The summed E-state index contributed by atoms with van der Waals surface area (Å²) in [5, 5.41) is 3.03. The van der Waals surface area contributed by atoms with E-state index in [0.717, 1.165) is 39.3 Å². The molecular weight excluding hydrogens is 458 g/mol. The van der Waals surface area contributed by atoms with Gasteiger partial charge in [0.15, 0.2) is 5.78 Å². The largest absolute Gasteiger partial charge is 0.352 e. The molecule has 2 heterocycles. The number of carbonyl (C=O) groups is 2. The quantitative estimate of drug-likeness (QED) is 0.257. The molecule has 5 nitrogen and oxygen atoms in total. The molecule has 5 aromatic rings. The lowest BCUT2D eigenvalue weighted by atomic mass is 10.0. The first kappa shape index (κ1) is 24.2. The molecule has 1 amide bonds. The van der Waals surface area contributed by atoms with Gasteiger partial charge in [0, 0.05) is 30.3 Å². The number of nitrogens with zero attached hydrogens (tertiary/aromatic N) is 2. The van der Waals surface area contributed by atoms with Gasteiger partial charge < -0.3 is 9.72 Å². The van der Waals surface area contributed by atoms with E-state index in [1.54, 1.807) is 6.92 Å². The van der Waals surface area contributed by atoms with Crippen LogP contribution in [0, 0.1) is 6.92 Å². The van der Waals surface area contributed by atoms with Gasteiger partial charge >= 0.3 is 0 Å². The van der Waals surface area contributed by atoms with Crippen molar-refractivity contribution in [1.82, 2.24) is 14.7 Å². The summed E-state index contributed by atoms with van der Waals surface area (Å²) in [5.41, 5.74) is 8.74. The van der Waals surface area contributed by atoms with Crippen LogP contribution >= 0.6 is 0 Å². The first-order chi connectivity index (χ1) is 18.0. The number of hydrogen-bond acceptors (Lipinski definition) is 3. The molecule has 0 radical (unpaired) electrons. The molecule has 0 aliphatic rings. The van der Waals surface area contributed by atoms with E-state index in [-0.39, 0.29) is 11.7 Å². The molecule has 184 valence electrons. The number of imidazole rings is 1. The third-order valence-electron chi connectivity index (χ3n) is 6.59. The van der Waals surface area contributed by atoms with Crippen molar-refractivity contribution in [3.63, 3.8) is 0 Å². The van der Waals surface area contributed by atoms with E-state index in [4.69, 9.17) is 4.98 Å². The third kappa shape index (κ3) is 5.51. The first-order valence-electron chi connectivity index (χ1n) is 12.5. The van der Waals surface area contributed by atoms with Gasteiger partial charge in [0.25, 0.3) is 0 Å². The van der Waals surface area contributed by atoms with Crippen LogP contribution in [0.25, 0.3) is 28.0 Å². The van der Waals surface area contributed by atoms with Gasteiger partial charge in [0.2, 0.25) is 5.91 Å². The number of carbonyl (C=O) groups excluding carboxylic acids is 2. The van der Waals surface area contributed by atoms with Crippen molar-refractivity contribution in [2.24, 2.45) is 0 Å². The second kappa shape index (κ2) is 10.6. The number of fused-ring (bicyclic) bond motifs is 1. The van der Waals surface area contributed by atoms with Crippen LogP contribution in [-0.2, 0) is 17.8 Å². The first-order valence-corrected chi connectivity index (χ1v) is 12.5. The summed E-state index contributed by atoms with van der Waals surface area (Å²) in [5.74, 6) is 0.0526. The van der Waals surface area contributed by atoms with E-state index in [9.17, 15) is 9.59 Å². The van der Waals surface area contributed by atoms with E-state index in [1.165, 1.54) is 5.56 Å². The standard InChI is InChI=1S/C32H29N3O2/c1-22-8-10-27(11-9-22)32-29(17-19-31(37)33-20-24-6-4-3-5-7-24)35-21-28(16-18-30(35)34-32)26-14-12-25(13-15-26)23(2)36/h3-16,18,21H,17,19-20H2,1-2H3,(H,33,37). The summed E-state index contributed by atoms with van der Waals surface area (Å²) in [6.45, 7) is 4.15. The molecule has 0 saturated carbocycles. The van der Waals surface area contributed by atoms with Crippen molar-refractivity contribution in [2.75, 3.05) is 0 Å². The lowest BCUT2D eigenvalue weighted by Gasteiger charge is -2.09. The highest BCUT2D eigenvalue weighted by Crippen LogP contribution is 2.29. The predicted molar refractivity (Wildman–Crippen MR) is 147 cm³/mol. The minimum atomic E-state index is 0.00429. The predicted octanol–water partition coefficient (Wildman–Crippen LogP) is 6.43. The molecule has 5 heteroatoms. The average Bonchev–Trinajstić information content (AvgIpc) is 3.29. The number of rotatable bonds is 8. The maximum Gasteiger partial charge on any atom is 0.220 e. The molecule has 0 bridgehead atoms. The van der Waals surface area contributed by atoms with Crippen molar-refractivity contribution < 1.29 is 9.59 Å². The van der Waals surface area contributed by atoms with E-state index in [1.807, 2.05) is 66.7 Å². The van der Waals surface area contributed by atoms with Crippen molar-refractivity contribution in [3.8, 4) is 22.4 Å². The molecule has 2 aromatic heterocycles. The Hall–Kier alpha value is -4.51. The zero-order valence-electron chi connectivity index (χ0n) is 21.1. The van der Waals surface area contributed by atoms with Crippen LogP contribution in [0.1, 0.15) is 40.5 Å². The molecule has 0 saturated heterocycles. The third-order valence-corrected chi connectivity index (χ3v) is 6.59. The van der Waals surface area contributed by atoms with E-state index < -0.39 is 0 Å². The average molecular weight is 488 g/mol. The fraction of sp³-hybridized carbons (Fsp3) is 0.156. The minimum absolute atomic E-state index is 0.00429. The number of aromatic nitrogens is 2. The van der Waals surface area contributed by atoms with Crippen LogP contribution in [0.15, 0.2) is 97.2 Å². The van der Waals surface area contributed by atoms with Crippen LogP contribution < -0.4 is 5.32 Å². The summed E-state index contributed by atoms with van der Waals surface area (Å²) in [6, 6.07) is 29.9. The Labute approximate surface area is 216 Å². The number of ketones is 1. The Balaban J connectivity index is 1.46.